The number of benzene rings is 1. The molecule has 0 amide bonds. The Morgan fingerprint density at radius 3 is 2.56 bits per heavy atom. The number of pyridine rings is 2. The van der Waals surface area contributed by atoms with E-state index in [-0.39, 0.29) is 34.5 Å². The molecule has 2 aromatic heterocycles. The average molecular weight is 475 g/mol. The van der Waals surface area contributed by atoms with E-state index in [4.69, 9.17) is 38.7 Å². The summed E-state index contributed by atoms with van der Waals surface area (Å²) in [7, 11) is 0. The molecule has 9 heteroatoms. The highest BCUT2D eigenvalue weighted by Gasteiger charge is 2.24. The zero-order valence-corrected chi connectivity index (χ0v) is 19.1. The summed E-state index contributed by atoms with van der Waals surface area (Å²) in [6.45, 7) is 2.02. The maximum Gasteiger partial charge on any atom is 0.341 e. The fourth-order valence-corrected chi connectivity index (χ4v) is 4.40. The van der Waals surface area contributed by atoms with E-state index in [1.807, 2.05) is 6.07 Å². The fourth-order valence-electron chi connectivity index (χ4n) is 3.92. The summed E-state index contributed by atoms with van der Waals surface area (Å²) in [5.41, 5.74) is 9.37. The number of nitrogens with two attached hydrogens (primary N) is 1. The Morgan fingerprint density at radius 2 is 1.91 bits per heavy atom. The third kappa shape index (κ3) is 4.60. The van der Waals surface area contributed by atoms with Gasteiger partial charge in [-0.1, -0.05) is 23.2 Å². The number of ether oxygens (including phenoxy) is 1. The Bertz CT molecular complexity index is 1140. The number of rotatable bonds is 5. The van der Waals surface area contributed by atoms with Gasteiger partial charge in [-0.25, -0.2) is 9.78 Å². The summed E-state index contributed by atoms with van der Waals surface area (Å²) in [6, 6.07) is 7.17. The summed E-state index contributed by atoms with van der Waals surface area (Å²) in [5, 5.41) is 13.6. The van der Waals surface area contributed by atoms with E-state index in [1.165, 1.54) is 6.20 Å². The Labute approximate surface area is 195 Å². The average Bonchev–Trinajstić information content (AvgIpc) is 2.78. The van der Waals surface area contributed by atoms with Crippen molar-refractivity contribution in [1.29, 1.82) is 0 Å². The number of carbonyl (C=O) groups is 1. The lowest BCUT2D eigenvalue weighted by Crippen LogP contribution is -2.33. The topological polar surface area (TPSA) is 110 Å². The van der Waals surface area contributed by atoms with Gasteiger partial charge in [0, 0.05) is 23.8 Å². The highest BCUT2D eigenvalue weighted by molar-refractivity contribution is 6.37. The number of nitrogens with zero attached hydrogens (tertiary/aromatic N) is 2. The number of hydrogen-bond acceptors (Lipinski definition) is 7. The van der Waals surface area contributed by atoms with Crippen LogP contribution in [-0.4, -0.2) is 39.7 Å². The van der Waals surface area contributed by atoms with Crippen LogP contribution in [-0.2, 0) is 4.74 Å². The quantitative estimate of drug-likeness (QED) is 0.437. The number of esters is 1. The van der Waals surface area contributed by atoms with Crippen LogP contribution in [0.15, 0.2) is 30.5 Å². The smallest absolute Gasteiger partial charge is 0.341 e. The lowest BCUT2D eigenvalue weighted by Gasteiger charge is -2.28. The maximum absolute atomic E-state index is 12.7. The molecule has 1 aliphatic carbocycles. The molecule has 7 nitrogen and oxygen atoms in total. The molecule has 1 aliphatic rings. The van der Waals surface area contributed by atoms with Crippen molar-refractivity contribution >= 4 is 45.9 Å². The number of nitrogens with one attached hydrogen (secondary N) is 1. The second-order valence-corrected chi connectivity index (χ2v) is 8.69. The van der Waals surface area contributed by atoms with Gasteiger partial charge in [0.05, 0.1) is 33.6 Å². The van der Waals surface area contributed by atoms with Crippen molar-refractivity contribution in [2.45, 2.75) is 44.7 Å². The summed E-state index contributed by atoms with van der Waals surface area (Å²) >= 11 is 12.2. The standard InChI is InChI=1S/C23H24Cl2N4O3/c1-2-32-23(31)15-11-27-19-8-7-18(12-9-16(24)22(30)17(25)10-12)29-21(19)20(15)28-14-5-3-13(26)4-6-14/h7-11,13-14,30H,2-6,26H2,1H3,(H,27,28). The van der Waals surface area contributed by atoms with Gasteiger partial charge in [0.1, 0.15) is 11.1 Å². The van der Waals surface area contributed by atoms with Gasteiger partial charge in [-0.3, -0.25) is 4.98 Å². The predicted molar refractivity (Wildman–Crippen MR) is 126 cm³/mol. The number of phenols is 1. The Balaban J connectivity index is 1.83. The van der Waals surface area contributed by atoms with E-state index in [9.17, 15) is 9.90 Å². The van der Waals surface area contributed by atoms with Crippen LogP contribution in [0, 0.1) is 0 Å². The first-order valence-corrected chi connectivity index (χ1v) is 11.3. The number of anilines is 1. The van der Waals surface area contributed by atoms with Gasteiger partial charge >= 0.3 is 5.97 Å². The molecule has 1 fully saturated rings. The van der Waals surface area contributed by atoms with Gasteiger partial charge < -0.3 is 20.9 Å². The third-order valence-electron chi connectivity index (χ3n) is 5.64. The summed E-state index contributed by atoms with van der Waals surface area (Å²) in [6.07, 6.45) is 5.15. The molecule has 3 aromatic rings. The Hall–Kier alpha value is -2.61. The molecule has 168 valence electrons. The lowest BCUT2D eigenvalue weighted by molar-refractivity contribution is 0.0527. The number of aromatic hydroxyl groups is 1. The highest BCUT2D eigenvalue weighted by Crippen LogP contribution is 2.37. The van der Waals surface area contributed by atoms with Crippen LogP contribution in [0.25, 0.3) is 22.3 Å². The van der Waals surface area contributed by atoms with Gasteiger partial charge in [0.2, 0.25) is 0 Å². The van der Waals surface area contributed by atoms with Crippen LogP contribution in [0.1, 0.15) is 43.0 Å². The molecule has 0 atom stereocenters. The van der Waals surface area contributed by atoms with Crippen molar-refractivity contribution in [3.63, 3.8) is 0 Å². The fraction of sp³-hybridized carbons (Fsp3) is 0.348. The lowest BCUT2D eigenvalue weighted by atomic mass is 9.91. The zero-order valence-electron chi connectivity index (χ0n) is 17.6. The van der Waals surface area contributed by atoms with E-state index in [1.54, 1.807) is 25.1 Å². The number of carbonyl (C=O) groups excluding carboxylic acids is 1. The monoisotopic (exact) mass is 474 g/mol. The van der Waals surface area contributed by atoms with Crippen molar-refractivity contribution in [3.05, 3.63) is 46.1 Å². The minimum atomic E-state index is -0.458. The Morgan fingerprint density at radius 1 is 1.22 bits per heavy atom. The first-order valence-electron chi connectivity index (χ1n) is 10.5. The van der Waals surface area contributed by atoms with E-state index < -0.39 is 5.97 Å². The molecule has 0 radical (unpaired) electrons. The zero-order chi connectivity index (χ0) is 22.8. The molecule has 0 spiro atoms. The van der Waals surface area contributed by atoms with Crippen LogP contribution >= 0.6 is 23.2 Å². The predicted octanol–water partition coefficient (Wildman–Crippen LogP) is 5.17. The van der Waals surface area contributed by atoms with Crippen molar-refractivity contribution in [2.24, 2.45) is 5.73 Å². The third-order valence-corrected chi connectivity index (χ3v) is 6.22. The Kier molecular flexibility index (Phi) is 6.69. The van der Waals surface area contributed by atoms with E-state index >= 15 is 0 Å². The van der Waals surface area contributed by atoms with Gasteiger partial charge in [-0.15, -0.1) is 0 Å². The summed E-state index contributed by atoms with van der Waals surface area (Å²) in [5.74, 6) is -0.637. The van der Waals surface area contributed by atoms with Crippen molar-refractivity contribution < 1.29 is 14.6 Å². The van der Waals surface area contributed by atoms with Gasteiger partial charge in [0.25, 0.3) is 0 Å². The number of phenolic OH excluding ortho intramolecular Hbond substituents is 1. The highest BCUT2D eigenvalue weighted by atomic mass is 35.5. The molecular weight excluding hydrogens is 451 g/mol. The molecule has 32 heavy (non-hydrogen) atoms. The molecule has 0 aliphatic heterocycles. The molecule has 4 rings (SSSR count). The van der Waals surface area contributed by atoms with Crippen LogP contribution in [0.4, 0.5) is 5.69 Å². The van der Waals surface area contributed by atoms with Crippen LogP contribution < -0.4 is 11.1 Å². The van der Waals surface area contributed by atoms with Gasteiger partial charge in [-0.2, -0.15) is 0 Å². The summed E-state index contributed by atoms with van der Waals surface area (Å²) < 4.78 is 5.25. The molecule has 1 aromatic carbocycles. The molecule has 4 N–H and O–H groups in total. The van der Waals surface area contributed by atoms with Crippen molar-refractivity contribution in [3.8, 4) is 17.0 Å². The number of aromatic nitrogens is 2. The van der Waals surface area contributed by atoms with Crippen LogP contribution in [0.3, 0.4) is 0 Å². The minimum absolute atomic E-state index is 0.129. The molecule has 0 bridgehead atoms. The molecule has 2 heterocycles. The van der Waals surface area contributed by atoms with Gasteiger partial charge in [-0.05, 0) is 56.9 Å². The van der Waals surface area contributed by atoms with Crippen LogP contribution in [0.5, 0.6) is 5.75 Å². The van der Waals surface area contributed by atoms with E-state index in [0.29, 0.717) is 33.5 Å². The first kappa shape index (κ1) is 22.6. The van der Waals surface area contributed by atoms with E-state index in [2.05, 4.69) is 10.3 Å². The van der Waals surface area contributed by atoms with Crippen LogP contribution in [0.2, 0.25) is 10.0 Å². The number of halogens is 2. The second-order valence-electron chi connectivity index (χ2n) is 7.88. The number of hydrogen-bond donors (Lipinski definition) is 3. The molecule has 0 saturated heterocycles. The van der Waals surface area contributed by atoms with Gasteiger partial charge in [0.15, 0.2) is 5.75 Å². The normalized spacial score (nSPS) is 18.5. The van der Waals surface area contributed by atoms with E-state index in [0.717, 1.165) is 25.7 Å². The summed E-state index contributed by atoms with van der Waals surface area (Å²) in [4.78, 5) is 21.9. The SMILES string of the molecule is CCOC(=O)c1cnc2ccc(-c3cc(Cl)c(O)c(Cl)c3)nc2c1NC1CCC(N)CC1. The number of fused-ring (bicyclic) bond motifs is 1. The first-order chi connectivity index (χ1) is 15.4. The van der Waals surface area contributed by atoms with Crippen molar-refractivity contribution in [2.75, 3.05) is 11.9 Å². The van der Waals surface area contributed by atoms with Crippen molar-refractivity contribution in [1.82, 2.24) is 9.97 Å². The largest absolute Gasteiger partial charge is 0.505 e. The molecular formula is C23H24Cl2N4O3. The molecule has 1 saturated carbocycles. The second kappa shape index (κ2) is 9.48. The maximum atomic E-state index is 12.7. The minimum Gasteiger partial charge on any atom is -0.505 e. The molecule has 0 unspecified atom stereocenters.